The van der Waals surface area contributed by atoms with E-state index in [-0.39, 0.29) is 11.9 Å². The monoisotopic (exact) mass is 438 g/mol. The van der Waals surface area contributed by atoms with Gasteiger partial charge < -0.3 is 19.3 Å². The van der Waals surface area contributed by atoms with E-state index < -0.39 is 0 Å². The zero-order valence-corrected chi connectivity index (χ0v) is 18.8. The molecular formula is C23H26N4O3S. The minimum absolute atomic E-state index is 0.000535. The molecule has 0 spiro atoms. The van der Waals surface area contributed by atoms with E-state index in [4.69, 9.17) is 14.5 Å². The molecule has 7 nitrogen and oxygen atoms in total. The number of aromatic nitrogens is 2. The van der Waals surface area contributed by atoms with Crippen molar-refractivity contribution in [3.05, 3.63) is 65.5 Å². The summed E-state index contributed by atoms with van der Waals surface area (Å²) >= 11 is 1.41. The molecule has 3 aromatic rings. The van der Waals surface area contributed by atoms with Gasteiger partial charge >= 0.3 is 0 Å². The highest BCUT2D eigenvalue weighted by Crippen LogP contribution is 2.26. The van der Waals surface area contributed by atoms with Crippen molar-refractivity contribution in [2.45, 2.75) is 19.4 Å². The fourth-order valence-electron chi connectivity index (χ4n) is 3.82. The number of hydrogen-bond donors (Lipinski definition) is 0. The normalized spacial score (nSPS) is 16.3. The van der Waals surface area contributed by atoms with Crippen LogP contribution < -0.4 is 14.4 Å². The van der Waals surface area contributed by atoms with Crippen LogP contribution in [0.25, 0.3) is 0 Å². The quantitative estimate of drug-likeness (QED) is 0.587. The van der Waals surface area contributed by atoms with Crippen molar-refractivity contribution in [1.82, 2.24) is 14.3 Å². The van der Waals surface area contributed by atoms with Crippen LogP contribution in [0.15, 0.2) is 48.5 Å². The minimum Gasteiger partial charge on any atom is -0.497 e. The Morgan fingerprint density at radius 1 is 1.13 bits per heavy atom. The Labute approximate surface area is 186 Å². The number of carbonyl (C=O) groups is 1. The Hall–Kier alpha value is -3.13. The highest BCUT2D eigenvalue weighted by molar-refractivity contribution is 7.09. The van der Waals surface area contributed by atoms with Gasteiger partial charge in [-0.25, -0.2) is 4.98 Å². The number of ether oxygens (including phenoxy) is 2. The fraction of sp³-hybridized carbons (Fsp3) is 0.348. The second-order valence-electron chi connectivity index (χ2n) is 7.52. The molecule has 1 saturated heterocycles. The van der Waals surface area contributed by atoms with Gasteiger partial charge in [0, 0.05) is 43.6 Å². The lowest BCUT2D eigenvalue weighted by Crippen LogP contribution is -2.54. The molecule has 1 aliphatic heterocycles. The van der Waals surface area contributed by atoms with Crippen molar-refractivity contribution in [2.24, 2.45) is 0 Å². The zero-order valence-electron chi connectivity index (χ0n) is 17.9. The molecular weight excluding hydrogens is 412 g/mol. The Morgan fingerprint density at radius 3 is 2.74 bits per heavy atom. The van der Waals surface area contributed by atoms with Gasteiger partial charge in [-0.3, -0.25) is 4.79 Å². The summed E-state index contributed by atoms with van der Waals surface area (Å²) in [7, 11) is 3.25. The van der Waals surface area contributed by atoms with E-state index in [9.17, 15) is 4.79 Å². The summed E-state index contributed by atoms with van der Waals surface area (Å²) in [5.74, 6) is 2.24. The first-order chi connectivity index (χ1) is 15.1. The maximum absolute atomic E-state index is 13.1. The van der Waals surface area contributed by atoms with Gasteiger partial charge in [0.1, 0.15) is 17.3 Å². The van der Waals surface area contributed by atoms with E-state index >= 15 is 0 Å². The molecule has 1 aliphatic rings. The largest absolute Gasteiger partial charge is 0.497 e. The number of hydrogen-bond acceptors (Lipinski definition) is 7. The highest BCUT2D eigenvalue weighted by Gasteiger charge is 2.30. The second kappa shape index (κ2) is 9.34. The molecule has 1 unspecified atom stereocenters. The molecule has 1 atom stereocenters. The first kappa shape index (κ1) is 21.1. The average Bonchev–Trinajstić information content (AvgIpc) is 3.27. The third-order valence-electron chi connectivity index (χ3n) is 5.45. The lowest BCUT2D eigenvalue weighted by molar-refractivity contribution is 0.0670. The second-order valence-corrected chi connectivity index (χ2v) is 8.25. The summed E-state index contributed by atoms with van der Waals surface area (Å²) in [6.07, 6.45) is 0.662. The summed E-state index contributed by atoms with van der Waals surface area (Å²) < 4.78 is 15.2. The summed E-state index contributed by atoms with van der Waals surface area (Å²) in [5.41, 5.74) is 1.71. The maximum Gasteiger partial charge on any atom is 0.257 e. The standard InChI is InChI=1S/C23H26N4O3S/c1-16-15-26(11-12-27(16)22(28)19-9-4-5-10-20(19)30-3)23-24-21(25-31-23)14-17-7-6-8-18(13-17)29-2/h4-10,13,16H,11-12,14-15H2,1-3H3. The topological polar surface area (TPSA) is 67.8 Å². The SMILES string of the molecule is COc1cccc(Cc2nsc(N3CCN(C(=O)c4ccccc4OC)C(C)C3)n2)c1. The van der Waals surface area contributed by atoms with E-state index in [1.165, 1.54) is 11.5 Å². The fourth-order valence-corrected chi connectivity index (χ4v) is 4.54. The van der Waals surface area contributed by atoms with Gasteiger partial charge in [-0.15, -0.1) is 0 Å². The molecule has 8 heteroatoms. The van der Waals surface area contributed by atoms with Gasteiger partial charge in [-0.2, -0.15) is 4.37 Å². The highest BCUT2D eigenvalue weighted by atomic mass is 32.1. The molecule has 162 valence electrons. The van der Waals surface area contributed by atoms with Crippen molar-refractivity contribution >= 4 is 22.6 Å². The summed E-state index contributed by atoms with van der Waals surface area (Å²) in [6, 6.07) is 15.4. The van der Waals surface area contributed by atoms with Gasteiger partial charge in [0.2, 0.25) is 5.13 Å². The van der Waals surface area contributed by atoms with Crippen LogP contribution in [0.3, 0.4) is 0 Å². The van der Waals surface area contributed by atoms with Crippen molar-refractivity contribution in [3.8, 4) is 11.5 Å². The summed E-state index contributed by atoms with van der Waals surface area (Å²) in [4.78, 5) is 21.9. The number of carbonyl (C=O) groups excluding carboxylic acids is 1. The number of benzene rings is 2. The molecule has 2 aromatic carbocycles. The summed E-state index contributed by atoms with van der Waals surface area (Å²) in [5, 5.41) is 0.897. The number of anilines is 1. The number of methoxy groups -OCH3 is 2. The predicted molar refractivity (Wildman–Crippen MR) is 121 cm³/mol. The third-order valence-corrected chi connectivity index (χ3v) is 6.26. The zero-order chi connectivity index (χ0) is 21.8. The lowest BCUT2D eigenvalue weighted by Gasteiger charge is -2.39. The molecule has 1 fully saturated rings. The van der Waals surface area contributed by atoms with E-state index in [1.807, 2.05) is 53.4 Å². The van der Waals surface area contributed by atoms with Gasteiger partial charge in [-0.05, 0) is 36.8 Å². The molecule has 0 saturated carbocycles. The average molecular weight is 439 g/mol. The lowest BCUT2D eigenvalue weighted by atomic mass is 10.1. The first-order valence-electron chi connectivity index (χ1n) is 10.2. The molecule has 31 heavy (non-hydrogen) atoms. The van der Waals surface area contributed by atoms with E-state index in [2.05, 4.69) is 16.2 Å². The van der Waals surface area contributed by atoms with Gasteiger partial charge in [-0.1, -0.05) is 24.3 Å². The van der Waals surface area contributed by atoms with Crippen molar-refractivity contribution < 1.29 is 14.3 Å². The Kier molecular flexibility index (Phi) is 6.36. The Balaban J connectivity index is 1.41. The van der Waals surface area contributed by atoms with Gasteiger partial charge in [0.25, 0.3) is 5.91 Å². The molecule has 2 heterocycles. The van der Waals surface area contributed by atoms with Crippen LogP contribution in [0, 0.1) is 0 Å². The molecule has 1 aromatic heterocycles. The Bertz CT molecular complexity index is 1050. The predicted octanol–water partition coefficient (Wildman–Crippen LogP) is 3.50. The van der Waals surface area contributed by atoms with E-state index in [0.29, 0.717) is 30.8 Å². The number of nitrogens with zero attached hydrogens (tertiary/aromatic N) is 4. The first-order valence-corrected chi connectivity index (χ1v) is 11.0. The molecule has 4 rings (SSSR count). The number of rotatable bonds is 6. The third kappa shape index (κ3) is 4.64. The van der Waals surface area contributed by atoms with Crippen molar-refractivity contribution in [2.75, 3.05) is 38.8 Å². The van der Waals surface area contributed by atoms with Gasteiger partial charge in [0.05, 0.1) is 19.8 Å². The molecule has 1 amide bonds. The molecule has 0 bridgehead atoms. The van der Waals surface area contributed by atoms with Crippen LogP contribution >= 0.6 is 11.5 Å². The van der Waals surface area contributed by atoms with Gasteiger partial charge in [0.15, 0.2) is 0 Å². The van der Waals surface area contributed by atoms with Crippen molar-refractivity contribution in [1.29, 1.82) is 0 Å². The van der Waals surface area contributed by atoms with Crippen LogP contribution in [0.2, 0.25) is 0 Å². The van der Waals surface area contributed by atoms with Crippen LogP contribution in [0.4, 0.5) is 5.13 Å². The molecule has 0 aliphatic carbocycles. The molecule has 0 radical (unpaired) electrons. The minimum atomic E-state index is 0.000535. The smallest absolute Gasteiger partial charge is 0.257 e. The van der Waals surface area contributed by atoms with Crippen LogP contribution in [0.1, 0.15) is 28.7 Å². The van der Waals surface area contributed by atoms with E-state index in [1.54, 1.807) is 14.2 Å². The van der Waals surface area contributed by atoms with Crippen LogP contribution in [0.5, 0.6) is 11.5 Å². The van der Waals surface area contributed by atoms with Crippen LogP contribution in [-0.2, 0) is 6.42 Å². The number of para-hydroxylation sites is 1. The summed E-state index contributed by atoms with van der Waals surface area (Å²) in [6.45, 7) is 4.13. The van der Waals surface area contributed by atoms with E-state index in [0.717, 1.165) is 28.8 Å². The number of piperazine rings is 1. The number of amides is 1. The van der Waals surface area contributed by atoms with Crippen molar-refractivity contribution in [3.63, 3.8) is 0 Å². The Morgan fingerprint density at radius 2 is 1.97 bits per heavy atom. The van der Waals surface area contributed by atoms with Crippen LogP contribution in [-0.4, -0.2) is 60.1 Å². The molecule has 0 N–H and O–H groups in total. The maximum atomic E-state index is 13.1.